The Kier molecular flexibility index (Phi) is 7.52. The zero-order valence-corrected chi connectivity index (χ0v) is 11.1. The molecule has 0 aromatic rings. The molecule has 98 valence electrons. The number of nitrogens with zero attached hydrogens (tertiary/aromatic N) is 1. The molecular formula is C14H26N2O. The molecule has 0 saturated heterocycles. The Morgan fingerprint density at radius 1 is 1.12 bits per heavy atom. The van der Waals surface area contributed by atoms with Crippen molar-refractivity contribution in [1.82, 2.24) is 10.2 Å². The summed E-state index contributed by atoms with van der Waals surface area (Å²) in [5.41, 5.74) is 0. The first-order valence-electron chi connectivity index (χ1n) is 7.05. The zero-order chi connectivity index (χ0) is 12.3. The maximum Gasteiger partial charge on any atom is 0.321 e. The summed E-state index contributed by atoms with van der Waals surface area (Å²) in [6.07, 6.45) is 14.3. The van der Waals surface area contributed by atoms with Crippen molar-refractivity contribution in [2.24, 2.45) is 0 Å². The number of hydrogen-bond donors (Lipinski definition) is 1. The van der Waals surface area contributed by atoms with E-state index in [2.05, 4.69) is 12.2 Å². The number of amides is 2. The third kappa shape index (κ3) is 6.35. The molecule has 1 aliphatic heterocycles. The van der Waals surface area contributed by atoms with E-state index in [9.17, 15) is 4.79 Å². The summed E-state index contributed by atoms with van der Waals surface area (Å²) >= 11 is 0. The van der Waals surface area contributed by atoms with Crippen molar-refractivity contribution < 1.29 is 4.79 Å². The van der Waals surface area contributed by atoms with E-state index >= 15 is 0 Å². The van der Waals surface area contributed by atoms with Gasteiger partial charge >= 0.3 is 6.03 Å². The van der Waals surface area contributed by atoms with Crippen LogP contribution in [0.15, 0.2) is 12.3 Å². The summed E-state index contributed by atoms with van der Waals surface area (Å²) in [6, 6.07) is 0.0513. The fourth-order valence-electron chi connectivity index (χ4n) is 1.92. The lowest BCUT2D eigenvalue weighted by Gasteiger charge is -2.23. The summed E-state index contributed by atoms with van der Waals surface area (Å²) < 4.78 is 0. The smallest absolute Gasteiger partial charge is 0.321 e. The summed E-state index contributed by atoms with van der Waals surface area (Å²) in [5.74, 6) is 0. The predicted octanol–water partition coefficient (Wildman–Crippen LogP) is 3.67. The van der Waals surface area contributed by atoms with Crippen LogP contribution in [0.2, 0.25) is 0 Å². The summed E-state index contributed by atoms with van der Waals surface area (Å²) in [4.78, 5) is 13.1. The Hall–Kier alpha value is -0.990. The van der Waals surface area contributed by atoms with Gasteiger partial charge in [-0.3, -0.25) is 4.90 Å². The lowest BCUT2D eigenvalue weighted by molar-refractivity contribution is 0.214. The molecule has 0 aliphatic carbocycles. The van der Waals surface area contributed by atoms with E-state index in [-0.39, 0.29) is 6.03 Å². The van der Waals surface area contributed by atoms with Gasteiger partial charge in [-0.1, -0.05) is 51.9 Å². The minimum Gasteiger partial charge on any atom is -0.338 e. The van der Waals surface area contributed by atoms with Gasteiger partial charge in [0.25, 0.3) is 0 Å². The van der Waals surface area contributed by atoms with Crippen LogP contribution in [0.4, 0.5) is 4.79 Å². The van der Waals surface area contributed by atoms with Crippen LogP contribution >= 0.6 is 0 Å². The molecule has 17 heavy (non-hydrogen) atoms. The van der Waals surface area contributed by atoms with Gasteiger partial charge in [0.05, 0.1) is 0 Å². The van der Waals surface area contributed by atoms with Gasteiger partial charge in [0.2, 0.25) is 0 Å². The average Bonchev–Trinajstić information content (AvgIpc) is 2.24. The van der Waals surface area contributed by atoms with Crippen LogP contribution < -0.4 is 5.32 Å². The SMILES string of the molecule is CCCCCCCCCCNC(=O)N1C=CC1. The number of carbonyl (C=O) groups is 1. The Balaban J connectivity index is 1.78. The molecule has 3 heteroatoms. The van der Waals surface area contributed by atoms with Crippen molar-refractivity contribution in [2.45, 2.75) is 58.3 Å². The molecule has 0 unspecified atom stereocenters. The lowest BCUT2D eigenvalue weighted by Crippen LogP contribution is -2.40. The number of rotatable bonds is 9. The van der Waals surface area contributed by atoms with Crippen molar-refractivity contribution in [3.05, 3.63) is 12.3 Å². The standard InChI is InChI=1S/C14H26N2O/c1-2-3-4-5-6-7-8-9-11-15-14(17)16-12-10-13-16/h10,12H,2-9,11,13H2,1H3,(H,15,17). The van der Waals surface area contributed by atoms with E-state index < -0.39 is 0 Å². The third-order valence-corrected chi connectivity index (χ3v) is 3.15. The van der Waals surface area contributed by atoms with Gasteiger partial charge < -0.3 is 5.32 Å². The number of urea groups is 1. The van der Waals surface area contributed by atoms with Crippen molar-refractivity contribution in [3.8, 4) is 0 Å². The Morgan fingerprint density at radius 2 is 1.71 bits per heavy atom. The van der Waals surface area contributed by atoms with E-state index in [0.717, 1.165) is 19.5 Å². The average molecular weight is 238 g/mol. The van der Waals surface area contributed by atoms with Crippen molar-refractivity contribution in [2.75, 3.05) is 13.1 Å². The number of unbranched alkanes of at least 4 members (excludes halogenated alkanes) is 7. The summed E-state index contributed by atoms with van der Waals surface area (Å²) in [5, 5.41) is 2.93. The second-order valence-electron chi connectivity index (χ2n) is 4.74. The highest BCUT2D eigenvalue weighted by molar-refractivity contribution is 5.76. The number of nitrogens with one attached hydrogen (secondary N) is 1. The van der Waals surface area contributed by atoms with Gasteiger partial charge in [-0.25, -0.2) is 4.79 Å². The first-order valence-corrected chi connectivity index (χ1v) is 7.05. The van der Waals surface area contributed by atoms with Gasteiger partial charge in [0.15, 0.2) is 0 Å². The molecule has 0 aromatic heterocycles. The minimum absolute atomic E-state index is 0.0513. The lowest BCUT2D eigenvalue weighted by atomic mass is 10.1. The monoisotopic (exact) mass is 238 g/mol. The molecule has 1 rings (SSSR count). The Bertz CT molecular complexity index is 238. The molecule has 0 fully saturated rings. The van der Waals surface area contributed by atoms with Crippen molar-refractivity contribution >= 4 is 6.03 Å². The van der Waals surface area contributed by atoms with Crippen LogP contribution in [0.5, 0.6) is 0 Å². The van der Waals surface area contributed by atoms with Gasteiger partial charge in [-0.05, 0) is 12.5 Å². The maximum absolute atomic E-state index is 11.4. The first-order chi connectivity index (χ1) is 8.34. The highest BCUT2D eigenvalue weighted by Crippen LogP contribution is 2.08. The topological polar surface area (TPSA) is 32.3 Å². The Morgan fingerprint density at radius 3 is 2.24 bits per heavy atom. The fourth-order valence-corrected chi connectivity index (χ4v) is 1.92. The van der Waals surface area contributed by atoms with Crippen LogP contribution in [0, 0.1) is 0 Å². The molecule has 0 saturated carbocycles. The highest BCUT2D eigenvalue weighted by Gasteiger charge is 2.12. The molecule has 3 nitrogen and oxygen atoms in total. The molecular weight excluding hydrogens is 212 g/mol. The van der Waals surface area contributed by atoms with Crippen molar-refractivity contribution in [1.29, 1.82) is 0 Å². The first kappa shape index (κ1) is 14.1. The number of carbonyl (C=O) groups excluding carboxylic acids is 1. The number of hydrogen-bond acceptors (Lipinski definition) is 1. The van der Waals surface area contributed by atoms with E-state index in [0.29, 0.717) is 0 Å². The van der Waals surface area contributed by atoms with Gasteiger partial charge in [-0.15, -0.1) is 0 Å². The second kappa shape index (κ2) is 9.08. The van der Waals surface area contributed by atoms with Gasteiger partial charge in [0, 0.05) is 19.3 Å². The minimum atomic E-state index is 0.0513. The molecule has 1 heterocycles. The van der Waals surface area contributed by atoms with E-state index in [1.165, 1.54) is 44.9 Å². The Labute approximate surface area is 105 Å². The van der Waals surface area contributed by atoms with Crippen LogP contribution in [-0.4, -0.2) is 24.0 Å². The second-order valence-corrected chi connectivity index (χ2v) is 4.74. The maximum atomic E-state index is 11.4. The van der Waals surface area contributed by atoms with Gasteiger partial charge in [-0.2, -0.15) is 0 Å². The van der Waals surface area contributed by atoms with Crippen LogP contribution in [0.25, 0.3) is 0 Å². The van der Waals surface area contributed by atoms with Crippen LogP contribution in [-0.2, 0) is 0 Å². The molecule has 0 atom stereocenters. The van der Waals surface area contributed by atoms with Crippen molar-refractivity contribution in [3.63, 3.8) is 0 Å². The molecule has 1 N–H and O–H groups in total. The predicted molar refractivity (Wildman–Crippen MR) is 71.9 cm³/mol. The van der Waals surface area contributed by atoms with Crippen LogP contribution in [0.1, 0.15) is 58.3 Å². The summed E-state index contributed by atoms with van der Waals surface area (Å²) in [7, 11) is 0. The molecule has 0 bridgehead atoms. The fraction of sp³-hybridized carbons (Fsp3) is 0.786. The van der Waals surface area contributed by atoms with E-state index in [1.54, 1.807) is 4.90 Å². The molecule has 0 radical (unpaired) electrons. The normalized spacial score (nSPS) is 13.6. The molecule has 0 aromatic carbocycles. The van der Waals surface area contributed by atoms with E-state index in [1.807, 2.05) is 12.3 Å². The molecule has 1 aliphatic rings. The molecule has 2 amide bonds. The largest absolute Gasteiger partial charge is 0.338 e. The van der Waals surface area contributed by atoms with Gasteiger partial charge in [0.1, 0.15) is 0 Å². The quantitative estimate of drug-likeness (QED) is 0.611. The third-order valence-electron chi connectivity index (χ3n) is 3.15. The van der Waals surface area contributed by atoms with E-state index in [4.69, 9.17) is 0 Å². The highest BCUT2D eigenvalue weighted by atomic mass is 16.2. The zero-order valence-electron chi connectivity index (χ0n) is 11.1. The van der Waals surface area contributed by atoms with Crippen LogP contribution in [0.3, 0.4) is 0 Å². The summed E-state index contributed by atoms with van der Waals surface area (Å²) in [6.45, 7) is 3.83. The molecule has 0 spiro atoms.